The van der Waals surface area contributed by atoms with E-state index in [1.54, 1.807) is 36.2 Å². The maximum absolute atomic E-state index is 12.6. The Morgan fingerprint density at radius 2 is 1.79 bits per heavy atom. The van der Waals surface area contributed by atoms with Gasteiger partial charge in [0.05, 0.1) is 18.2 Å². The van der Waals surface area contributed by atoms with E-state index >= 15 is 0 Å². The van der Waals surface area contributed by atoms with E-state index < -0.39 is 0 Å². The summed E-state index contributed by atoms with van der Waals surface area (Å²) in [5.41, 5.74) is 1.54. The van der Waals surface area contributed by atoms with E-state index in [2.05, 4.69) is 25.1 Å². The fourth-order valence-corrected chi connectivity index (χ4v) is 3.03. The fraction of sp³-hybridized carbons (Fsp3) is 0.250. The molecule has 3 aromatic carbocycles. The van der Waals surface area contributed by atoms with Crippen molar-refractivity contribution in [2.45, 2.75) is 19.9 Å². The summed E-state index contributed by atoms with van der Waals surface area (Å²) in [6.45, 7) is 3.05. The highest BCUT2D eigenvalue weighted by atomic mass is 16.5. The number of rotatable bonds is 8. The third kappa shape index (κ3) is 5.05. The van der Waals surface area contributed by atoms with Crippen LogP contribution in [0.15, 0.2) is 60.7 Å². The van der Waals surface area contributed by atoms with Gasteiger partial charge in [-0.25, -0.2) is 0 Å². The lowest BCUT2D eigenvalue weighted by atomic mass is 10.0. The van der Waals surface area contributed by atoms with Gasteiger partial charge in [-0.3, -0.25) is 4.79 Å². The Morgan fingerprint density at radius 1 is 1.03 bits per heavy atom. The van der Waals surface area contributed by atoms with Gasteiger partial charge in [0.25, 0.3) is 5.91 Å². The average molecular weight is 388 g/mol. The summed E-state index contributed by atoms with van der Waals surface area (Å²) in [6.07, 6.45) is 0.916. The van der Waals surface area contributed by atoms with Crippen LogP contribution in [0.25, 0.3) is 10.8 Å². The third-order valence-electron chi connectivity index (χ3n) is 4.63. The van der Waals surface area contributed by atoms with Crippen LogP contribution in [0, 0.1) is 11.3 Å². The van der Waals surface area contributed by atoms with Crippen LogP contribution in [-0.2, 0) is 11.3 Å². The standard InChI is InChI=1S/C24H24N2O3/c1-3-14-28-23-13-10-19-6-4-5-7-21(19)22(23)16-26(2)24(27)17-29-20-11-8-18(15-25)9-12-20/h4-13H,3,14,16-17H2,1-2H3. The summed E-state index contributed by atoms with van der Waals surface area (Å²) in [5, 5.41) is 11.0. The number of carbonyl (C=O) groups is 1. The van der Waals surface area contributed by atoms with Crippen molar-refractivity contribution < 1.29 is 14.3 Å². The Kier molecular flexibility index (Phi) is 6.70. The first-order valence-corrected chi connectivity index (χ1v) is 9.62. The predicted octanol–water partition coefficient (Wildman–Crippen LogP) is 4.54. The van der Waals surface area contributed by atoms with Crippen molar-refractivity contribution in [3.05, 3.63) is 71.8 Å². The molecule has 148 valence electrons. The fourth-order valence-electron chi connectivity index (χ4n) is 3.03. The van der Waals surface area contributed by atoms with Crippen molar-refractivity contribution >= 4 is 16.7 Å². The van der Waals surface area contributed by atoms with Gasteiger partial charge >= 0.3 is 0 Å². The smallest absolute Gasteiger partial charge is 0.260 e. The predicted molar refractivity (Wildman–Crippen MR) is 113 cm³/mol. The highest BCUT2D eigenvalue weighted by molar-refractivity contribution is 5.88. The molecule has 5 nitrogen and oxygen atoms in total. The zero-order valence-corrected chi connectivity index (χ0v) is 16.7. The molecule has 0 unspecified atom stereocenters. The molecule has 0 radical (unpaired) electrons. The molecule has 5 heteroatoms. The van der Waals surface area contributed by atoms with Crippen molar-refractivity contribution in [1.82, 2.24) is 4.90 Å². The van der Waals surface area contributed by atoms with Gasteiger partial charge in [-0.05, 0) is 47.5 Å². The lowest BCUT2D eigenvalue weighted by Gasteiger charge is -2.21. The van der Waals surface area contributed by atoms with Gasteiger partial charge in [0.15, 0.2) is 6.61 Å². The van der Waals surface area contributed by atoms with Crippen LogP contribution in [0.4, 0.5) is 0 Å². The van der Waals surface area contributed by atoms with E-state index in [9.17, 15) is 4.79 Å². The largest absolute Gasteiger partial charge is 0.493 e. The van der Waals surface area contributed by atoms with Gasteiger partial charge in [0.2, 0.25) is 0 Å². The monoisotopic (exact) mass is 388 g/mol. The van der Waals surface area contributed by atoms with Gasteiger partial charge in [-0.2, -0.15) is 5.26 Å². The average Bonchev–Trinajstić information content (AvgIpc) is 2.77. The second-order valence-corrected chi connectivity index (χ2v) is 6.79. The van der Waals surface area contributed by atoms with Crippen LogP contribution in [0.5, 0.6) is 11.5 Å². The number of benzene rings is 3. The van der Waals surface area contributed by atoms with Crippen molar-refractivity contribution in [3.63, 3.8) is 0 Å². The summed E-state index contributed by atoms with van der Waals surface area (Å²) in [6, 6.07) is 20.9. The zero-order valence-electron chi connectivity index (χ0n) is 16.7. The number of hydrogen-bond donors (Lipinski definition) is 0. The summed E-state index contributed by atoms with van der Waals surface area (Å²) in [7, 11) is 1.76. The topological polar surface area (TPSA) is 62.6 Å². The van der Waals surface area contributed by atoms with Gasteiger partial charge in [0, 0.05) is 19.2 Å². The molecule has 0 aliphatic heterocycles. The Balaban J connectivity index is 1.72. The maximum atomic E-state index is 12.6. The van der Waals surface area contributed by atoms with Crippen LogP contribution >= 0.6 is 0 Å². The first-order valence-electron chi connectivity index (χ1n) is 9.62. The number of nitrogens with zero attached hydrogens (tertiary/aromatic N) is 2. The quantitative estimate of drug-likeness (QED) is 0.568. The first kappa shape index (κ1) is 20.2. The van der Waals surface area contributed by atoms with Crippen LogP contribution in [-0.4, -0.2) is 31.1 Å². The molecule has 1 amide bonds. The Morgan fingerprint density at radius 3 is 2.52 bits per heavy atom. The number of carbonyl (C=O) groups excluding carboxylic acids is 1. The van der Waals surface area contributed by atoms with Crippen LogP contribution < -0.4 is 9.47 Å². The summed E-state index contributed by atoms with van der Waals surface area (Å²) >= 11 is 0. The van der Waals surface area contributed by atoms with E-state index in [-0.39, 0.29) is 12.5 Å². The second kappa shape index (κ2) is 9.61. The lowest BCUT2D eigenvalue weighted by Crippen LogP contribution is -2.31. The molecular formula is C24H24N2O3. The van der Waals surface area contributed by atoms with Crippen LogP contribution in [0.1, 0.15) is 24.5 Å². The van der Waals surface area contributed by atoms with Gasteiger partial charge in [0.1, 0.15) is 11.5 Å². The molecule has 0 aromatic heterocycles. The first-order chi connectivity index (χ1) is 14.1. The number of likely N-dealkylation sites (N-methyl/N-ethyl adjacent to an activating group) is 1. The summed E-state index contributed by atoms with van der Waals surface area (Å²) in [5.74, 6) is 1.23. The van der Waals surface area contributed by atoms with E-state index in [4.69, 9.17) is 14.7 Å². The Labute approximate surface area is 171 Å². The molecule has 0 atom stereocenters. The SMILES string of the molecule is CCCOc1ccc2ccccc2c1CN(C)C(=O)COc1ccc(C#N)cc1. The molecule has 0 saturated carbocycles. The maximum Gasteiger partial charge on any atom is 0.260 e. The van der Waals surface area contributed by atoms with Crippen molar-refractivity contribution in [3.8, 4) is 17.6 Å². The normalized spacial score (nSPS) is 10.4. The summed E-state index contributed by atoms with van der Waals surface area (Å²) in [4.78, 5) is 14.3. The molecule has 0 saturated heterocycles. The van der Waals surface area contributed by atoms with Crippen LogP contribution in [0.2, 0.25) is 0 Å². The van der Waals surface area contributed by atoms with E-state index in [0.717, 1.165) is 28.5 Å². The molecule has 0 spiro atoms. The lowest BCUT2D eigenvalue weighted by molar-refractivity contribution is -0.132. The molecule has 0 aliphatic rings. The molecule has 0 N–H and O–H groups in total. The van der Waals surface area contributed by atoms with Gasteiger partial charge in [-0.1, -0.05) is 37.3 Å². The van der Waals surface area contributed by atoms with Gasteiger partial charge in [-0.15, -0.1) is 0 Å². The number of nitriles is 1. The van der Waals surface area contributed by atoms with E-state index in [1.807, 2.05) is 24.3 Å². The second-order valence-electron chi connectivity index (χ2n) is 6.79. The van der Waals surface area contributed by atoms with Crippen molar-refractivity contribution in [2.75, 3.05) is 20.3 Å². The third-order valence-corrected chi connectivity index (χ3v) is 4.63. The Bertz CT molecular complexity index is 1020. The minimum absolute atomic E-state index is 0.0711. The number of fused-ring (bicyclic) bond motifs is 1. The van der Waals surface area contributed by atoms with Crippen molar-refractivity contribution in [1.29, 1.82) is 5.26 Å². The number of hydrogen-bond acceptors (Lipinski definition) is 4. The van der Waals surface area contributed by atoms with E-state index in [1.165, 1.54) is 0 Å². The Hall–Kier alpha value is -3.52. The van der Waals surface area contributed by atoms with Gasteiger partial charge < -0.3 is 14.4 Å². The molecule has 29 heavy (non-hydrogen) atoms. The van der Waals surface area contributed by atoms with Crippen LogP contribution in [0.3, 0.4) is 0 Å². The molecule has 3 rings (SSSR count). The zero-order chi connectivity index (χ0) is 20.6. The molecular weight excluding hydrogens is 364 g/mol. The van der Waals surface area contributed by atoms with E-state index in [0.29, 0.717) is 24.5 Å². The molecule has 0 heterocycles. The molecule has 0 aliphatic carbocycles. The highest BCUT2D eigenvalue weighted by Crippen LogP contribution is 2.29. The molecule has 0 fully saturated rings. The minimum atomic E-state index is -0.135. The molecule has 3 aromatic rings. The molecule has 0 bridgehead atoms. The highest BCUT2D eigenvalue weighted by Gasteiger charge is 2.16. The summed E-state index contributed by atoms with van der Waals surface area (Å²) < 4.78 is 11.5. The minimum Gasteiger partial charge on any atom is -0.493 e. The number of amides is 1. The number of ether oxygens (including phenoxy) is 2. The van der Waals surface area contributed by atoms with Crippen molar-refractivity contribution in [2.24, 2.45) is 0 Å².